The quantitative estimate of drug-likeness (QED) is 0.232. The van der Waals surface area contributed by atoms with Gasteiger partial charge >= 0.3 is 0 Å². The van der Waals surface area contributed by atoms with E-state index in [1.165, 1.54) is 48.5 Å². The lowest BCUT2D eigenvalue weighted by Crippen LogP contribution is -2.84. The van der Waals surface area contributed by atoms with Crippen molar-refractivity contribution in [3.63, 3.8) is 0 Å². The van der Waals surface area contributed by atoms with Crippen molar-refractivity contribution in [2.24, 2.45) is 0 Å². The Bertz CT molecular complexity index is 1090. The largest absolute Gasteiger partial charge is 0.207 e. The van der Waals surface area contributed by atoms with Gasteiger partial charge in [-0.15, -0.1) is 0 Å². The molecule has 6 heteroatoms. The highest BCUT2D eigenvalue weighted by molar-refractivity contribution is 7.59. The van der Waals surface area contributed by atoms with E-state index in [1.54, 1.807) is 48.5 Å². The molecule has 0 amide bonds. The molecule has 0 aliphatic rings. The third kappa shape index (κ3) is 3.74. The van der Waals surface area contributed by atoms with Gasteiger partial charge in [-0.05, 0) is 48.5 Å². The predicted molar refractivity (Wildman–Crippen MR) is 127 cm³/mol. The van der Waals surface area contributed by atoms with Gasteiger partial charge in [-0.3, -0.25) is 0 Å². The molecule has 0 fully saturated rings. The minimum Gasteiger partial charge on any atom is -0.207 e. The second kappa shape index (κ2) is 8.52. The molecule has 0 spiro atoms. The summed E-state index contributed by atoms with van der Waals surface area (Å²) in [6, 6.07) is 25.8. The van der Waals surface area contributed by atoms with Crippen LogP contribution in [0.3, 0.4) is 0 Å². The standard InChI is InChI=1S/C26H22F4Si2/c1-31(2,23-11-3-19(27)4-12-23)32(24-13-5-20(28)6-14-24,25-15-7-21(29)8-16-25)26-17-9-22(30)10-18-26/h3-18H,1-2H3. The van der Waals surface area contributed by atoms with Gasteiger partial charge in [0.1, 0.15) is 30.9 Å². The minimum atomic E-state index is -2.96. The molecule has 0 atom stereocenters. The zero-order chi connectivity index (χ0) is 22.9. The molecule has 0 unspecified atom stereocenters. The van der Waals surface area contributed by atoms with Crippen LogP contribution in [0.25, 0.3) is 0 Å². The van der Waals surface area contributed by atoms with Crippen LogP contribution in [0.2, 0.25) is 13.1 Å². The molecule has 0 saturated heterocycles. The van der Waals surface area contributed by atoms with Gasteiger partial charge in [0, 0.05) is 0 Å². The van der Waals surface area contributed by atoms with E-state index in [9.17, 15) is 17.6 Å². The Kier molecular flexibility index (Phi) is 5.92. The lowest BCUT2D eigenvalue weighted by atomic mass is 10.3. The van der Waals surface area contributed by atoms with Crippen molar-refractivity contribution in [2.75, 3.05) is 0 Å². The van der Waals surface area contributed by atoms with Crippen molar-refractivity contribution in [3.8, 4) is 0 Å². The third-order valence-electron chi connectivity index (χ3n) is 6.34. The molecule has 0 heterocycles. The topological polar surface area (TPSA) is 0 Å². The van der Waals surface area contributed by atoms with Crippen LogP contribution in [0, 0.1) is 23.3 Å². The van der Waals surface area contributed by atoms with Crippen LogP contribution in [0.1, 0.15) is 0 Å². The van der Waals surface area contributed by atoms with Gasteiger partial charge in [-0.2, -0.15) is 0 Å². The maximum Gasteiger partial charge on any atom is 0.144 e. The summed E-state index contributed by atoms with van der Waals surface area (Å²) in [5, 5.41) is 3.85. The van der Waals surface area contributed by atoms with Crippen LogP contribution in [0.15, 0.2) is 97.1 Å². The van der Waals surface area contributed by atoms with Crippen LogP contribution < -0.4 is 20.7 Å². The first-order valence-corrected chi connectivity index (χ1v) is 16.3. The van der Waals surface area contributed by atoms with Crippen LogP contribution in [-0.4, -0.2) is 15.2 Å². The maximum atomic E-state index is 13.9. The zero-order valence-electron chi connectivity index (χ0n) is 17.7. The fraction of sp³-hybridized carbons (Fsp3) is 0.0769. The smallest absolute Gasteiger partial charge is 0.144 e. The average Bonchev–Trinajstić information content (AvgIpc) is 2.78. The first-order chi connectivity index (χ1) is 15.2. The number of rotatable bonds is 5. The molecule has 0 aliphatic heterocycles. The molecule has 0 N–H and O–H groups in total. The van der Waals surface area contributed by atoms with E-state index in [0.717, 1.165) is 20.7 Å². The predicted octanol–water partition coefficient (Wildman–Crippen LogP) is 4.41. The normalized spacial score (nSPS) is 12.1. The fourth-order valence-electron chi connectivity index (χ4n) is 4.77. The van der Waals surface area contributed by atoms with Crippen LogP contribution in [0.4, 0.5) is 17.6 Å². The van der Waals surface area contributed by atoms with Gasteiger partial charge in [0.2, 0.25) is 0 Å². The Balaban J connectivity index is 2.13. The minimum absolute atomic E-state index is 0.323. The summed E-state index contributed by atoms with van der Waals surface area (Å²) in [7, 11) is -5.51. The van der Waals surface area contributed by atoms with Gasteiger partial charge in [0.25, 0.3) is 0 Å². The summed E-state index contributed by atoms with van der Waals surface area (Å²) in [6.45, 7) is 4.39. The van der Waals surface area contributed by atoms with Crippen LogP contribution in [-0.2, 0) is 0 Å². The molecule has 4 aromatic rings. The van der Waals surface area contributed by atoms with Crippen molar-refractivity contribution < 1.29 is 17.6 Å². The molecule has 4 rings (SSSR count). The van der Waals surface area contributed by atoms with Gasteiger partial charge in [-0.1, -0.05) is 82.4 Å². The average molecular weight is 467 g/mol. The van der Waals surface area contributed by atoms with E-state index in [2.05, 4.69) is 13.1 Å². The van der Waals surface area contributed by atoms with E-state index >= 15 is 0 Å². The molecule has 4 aromatic carbocycles. The van der Waals surface area contributed by atoms with Crippen molar-refractivity contribution in [1.82, 2.24) is 0 Å². The summed E-state index contributed by atoms with van der Waals surface area (Å²) in [5.41, 5.74) is 0. The van der Waals surface area contributed by atoms with Gasteiger partial charge in [0.05, 0.1) is 7.59 Å². The second-order valence-electron chi connectivity index (χ2n) is 8.40. The van der Waals surface area contributed by atoms with Gasteiger partial charge < -0.3 is 0 Å². The van der Waals surface area contributed by atoms with E-state index in [4.69, 9.17) is 0 Å². The summed E-state index contributed by atoms with van der Waals surface area (Å²) in [6.07, 6.45) is 0. The first kappa shape index (κ1) is 22.2. The van der Waals surface area contributed by atoms with Gasteiger partial charge in [-0.25, -0.2) is 17.6 Å². The van der Waals surface area contributed by atoms with Crippen LogP contribution >= 0.6 is 0 Å². The van der Waals surface area contributed by atoms with Crippen LogP contribution in [0.5, 0.6) is 0 Å². The Labute approximate surface area is 187 Å². The maximum absolute atomic E-state index is 13.9. The monoisotopic (exact) mass is 466 g/mol. The number of hydrogen-bond donors (Lipinski definition) is 0. The summed E-state index contributed by atoms with van der Waals surface area (Å²) in [4.78, 5) is 0. The molecular formula is C26H22F4Si2. The molecule has 0 aliphatic carbocycles. The van der Waals surface area contributed by atoms with E-state index in [0.29, 0.717) is 0 Å². The Morgan fingerprint density at radius 1 is 0.375 bits per heavy atom. The Morgan fingerprint density at radius 2 is 0.594 bits per heavy atom. The van der Waals surface area contributed by atoms with Crippen molar-refractivity contribution >= 4 is 35.9 Å². The van der Waals surface area contributed by atoms with Crippen molar-refractivity contribution in [3.05, 3.63) is 120 Å². The fourth-order valence-corrected chi connectivity index (χ4v) is 21.2. The molecule has 0 radical (unpaired) electrons. The van der Waals surface area contributed by atoms with Gasteiger partial charge in [0.15, 0.2) is 0 Å². The van der Waals surface area contributed by atoms with E-state index < -0.39 is 15.2 Å². The molecule has 0 aromatic heterocycles. The number of halogens is 4. The summed E-state index contributed by atoms with van der Waals surface area (Å²) in [5.74, 6) is -1.38. The molecule has 0 nitrogen and oxygen atoms in total. The Morgan fingerprint density at radius 3 is 0.844 bits per heavy atom. The first-order valence-electron chi connectivity index (χ1n) is 10.3. The zero-order valence-corrected chi connectivity index (χ0v) is 19.7. The Hall–Kier alpha value is -2.97. The second-order valence-corrected chi connectivity index (χ2v) is 21.5. The molecular weight excluding hydrogens is 444 g/mol. The lowest BCUT2D eigenvalue weighted by molar-refractivity contribution is 0.627. The highest BCUT2D eigenvalue weighted by atomic mass is 29.3. The van der Waals surface area contributed by atoms with Crippen molar-refractivity contribution in [1.29, 1.82) is 0 Å². The van der Waals surface area contributed by atoms with E-state index in [1.807, 2.05) is 0 Å². The summed E-state index contributed by atoms with van der Waals surface area (Å²) >= 11 is 0. The molecule has 0 saturated carbocycles. The highest BCUT2D eigenvalue weighted by Crippen LogP contribution is 2.22. The number of hydrogen-bond acceptors (Lipinski definition) is 0. The molecule has 162 valence electrons. The third-order valence-corrected chi connectivity index (χ3v) is 22.7. The van der Waals surface area contributed by atoms with E-state index in [-0.39, 0.29) is 23.3 Å². The summed E-state index contributed by atoms with van der Waals surface area (Å²) < 4.78 is 55.6. The molecule has 32 heavy (non-hydrogen) atoms. The number of benzene rings is 4. The lowest BCUT2D eigenvalue weighted by Gasteiger charge is -2.45. The molecule has 0 bridgehead atoms. The highest BCUT2D eigenvalue weighted by Gasteiger charge is 2.53. The SMILES string of the molecule is C[Si](C)(c1ccc(F)cc1)[Si](c1ccc(F)cc1)(c1ccc(F)cc1)c1ccc(F)cc1. The van der Waals surface area contributed by atoms with Crippen molar-refractivity contribution in [2.45, 2.75) is 13.1 Å².